The van der Waals surface area contributed by atoms with E-state index in [-0.39, 0.29) is 6.10 Å². The monoisotopic (exact) mass is 316 g/mol. The molecule has 1 aromatic rings. The van der Waals surface area contributed by atoms with E-state index in [4.69, 9.17) is 13.7 Å². The van der Waals surface area contributed by atoms with Crippen LogP contribution in [0.15, 0.2) is 30.3 Å². The third-order valence-electron chi connectivity index (χ3n) is 3.18. The fourth-order valence-corrected chi connectivity index (χ4v) is 2.89. The van der Waals surface area contributed by atoms with Gasteiger partial charge in [0.15, 0.2) is 12.4 Å². The molecule has 0 radical (unpaired) electrons. The molecule has 0 aliphatic carbocycles. The van der Waals surface area contributed by atoms with Crippen LogP contribution in [0.4, 0.5) is 0 Å². The number of rotatable bonds is 5. The Hall–Kier alpha value is -0.990. The molecule has 0 bridgehead atoms. The van der Waals surface area contributed by atoms with Crippen LogP contribution >= 0.6 is 0 Å². The third-order valence-corrected chi connectivity index (χ3v) is 3.75. The lowest BCUT2D eigenvalue weighted by Crippen LogP contribution is -2.50. The molecule has 0 saturated carbocycles. The van der Waals surface area contributed by atoms with E-state index in [2.05, 4.69) is 0 Å². The fraction of sp³-hybridized carbons (Fsp3) is 0.571. The summed E-state index contributed by atoms with van der Waals surface area (Å²) in [6.45, 7) is 2.10. The lowest BCUT2D eigenvalue weighted by atomic mass is 10.0. The Morgan fingerprint density at radius 1 is 1.33 bits per heavy atom. The van der Waals surface area contributed by atoms with Gasteiger partial charge in [0.2, 0.25) is 0 Å². The molecule has 1 aliphatic rings. The zero-order chi connectivity index (χ0) is 15.5. The van der Waals surface area contributed by atoms with Crippen LogP contribution in [-0.4, -0.2) is 44.4 Å². The van der Waals surface area contributed by atoms with Gasteiger partial charge in [-0.3, -0.25) is 4.18 Å². The number of benzene rings is 1. The van der Waals surface area contributed by atoms with E-state index < -0.39 is 28.6 Å². The van der Waals surface area contributed by atoms with E-state index in [1.807, 2.05) is 30.3 Å². The third kappa shape index (κ3) is 5.05. The minimum Gasteiger partial charge on any atom is -0.370 e. The van der Waals surface area contributed by atoms with E-state index in [1.54, 1.807) is 6.92 Å². The molecule has 0 aromatic heterocycles. The molecule has 1 saturated heterocycles. The average molecular weight is 316 g/mol. The average Bonchev–Trinajstić information content (AvgIpc) is 2.40. The molecular weight excluding hydrogens is 296 g/mol. The van der Waals surface area contributed by atoms with E-state index >= 15 is 0 Å². The van der Waals surface area contributed by atoms with Gasteiger partial charge in [-0.05, 0) is 12.5 Å². The maximum absolute atomic E-state index is 11.3. The van der Waals surface area contributed by atoms with Crippen LogP contribution in [0.2, 0.25) is 0 Å². The van der Waals surface area contributed by atoms with Gasteiger partial charge in [0.25, 0.3) is 10.1 Å². The summed E-state index contributed by atoms with van der Waals surface area (Å²) in [7, 11) is -3.71. The lowest BCUT2D eigenvalue weighted by molar-refractivity contribution is -0.244. The number of aliphatic hydroxyl groups is 1. The van der Waals surface area contributed by atoms with Crippen LogP contribution in [0, 0.1) is 0 Å². The van der Waals surface area contributed by atoms with Crippen molar-refractivity contribution in [3.8, 4) is 0 Å². The molecule has 0 amide bonds. The van der Waals surface area contributed by atoms with Crippen molar-refractivity contribution < 1.29 is 27.2 Å². The Morgan fingerprint density at radius 3 is 2.62 bits per heavy atom. The van der Waals surface area contributed by atoms with E-state index in [9.17, 15) is 13.5 Å². The first-order valence-electron chi connectivity index (χ1n) is 6.72. The van der Waals surface area contributed by atoms with Gasteiger partial charge in [0.05, 0.1) is 25.1 Å². The van der Waals surface area contributed by atoms with Crippen molar-refractivity contribution in [3.05, 3.63) is 35.9 Å². The highest BCUT2D eigenvalue weighted by Gasteiger charge is 2.40. The highest BCUT2D eigenvalue weighted by atomic mass is 32.2. The zero-order valence-corrected chi connectivity index (χ0v) is 12.8. The molecule has 2 rings (SSSR count). The summed E-state index contributed by atoms with van der Waals surface area (Å²) in [5.74, 6) is 0. The molecule has 1 aromatic carbocycles. The molecule has 1 aliphatic heterocycles. The van der Waals surface area contributed by atoms with Gasteiger partial charge in [-0.15, -0.1) is 0 Å². The molecule has 0 spiro atoms. The van der Waals surface area contributed by atoms with Crippen LogP contribution in [0.25, 0.3) is 0 Å². The quantitative estimate of drug-likeness (QED) is 0.818. The van der Waals surface area contributed by atoms with Gasteiger partial charge in [-0.1, -0.05) is 30.3 Å². The van der Waals surface area contributed by atoms with Crippen LogP contribution in [0.1, 0.15) is 18.9 Å². The van der Waals surface area contributed by atoms with Crippen molar-refractivity contribution in [1.29, 1.82) is 0 Å². The van der Waals surface area contributed by atoms with Gasteiger partial charge in [0.1, 0.15) is 0 Å². The van der Waals surface area contributed by atoms with Crippen molar-refractivity contribution >= 4 is 10.1 Å². The Morgan fingerprint density at radius 2 is 2.00 bits per heavy atom. The number of aliphatic hydroxyl groups excluding tert-OH is 1. The molecule has 118 valence electrons. The van der Waals surface area contributed by atoms with Crippen LogP contribution in [-0.2, 0) is 30.4 Å². The van der Waals surface area contributed by atoms with E-state index in [0.29, 0.717) is 13.0 Å². The largest absolute Gasteiger partial charge is 0.370 e. The van der Waals surface area contributed by atoms with Gasteiger partial charge in [0, 0.05) is 6.42 Å². The molecule has 1 heterocycles. The molecule has 6 nitrogen and oxygen atoms in total. The van der Waals surface area contributed by atoms with Crippen LogP contribution in [0.3, 0.4) is 0 Å². The first-order valence-corrected chi connectivity index (χ1v) is 8.54. The maximum atomic E-state index is 11.3. The smallest absolute Gasteiger partial charge is 0.264 e. The second-order valence-corrected chi connectivity index (χ2v) is 6.77. The topological polar surface area (TPSA) is 82.1 Å². The Bertz CT molecular complexity index is 544. The summed E-state index contributed by atoms with van der Waals surface area (Å²) in [4.78, 5) is 0. The van der Waals surface area contributed by atoms with Crippen LogP contribution in [0.5, 0.6) is 0 Å². The Balaban J connectivity index is 2.05. The van der Waals surface area contributed by atoms with Gasteiger partial charge < -0.3 is 14.6 Å². The standard InChI is InChI=1S/C14H20O6S/c1-10-8-12(18-9-11-6-4-3-5-7-11)13(14(15)19-10)20-21(2,16)17/h3-7,10,12-15H,8-9H2,1-2H3/t10-,12+,13-,14+/m1/s1. The SMILES string of the molecule is C[C@@H]1C[C@H](OCc2ccccc2)[C@@H](OS(C)(=O)=O)[C@@H](O)O1. The summed E-state index contributed by atoms with van der Waals surface area (Å²) >= 11 is 0. The molecule has 0 unspecified atom stereocenters. The summed E-state index contributed by atoms with van der Waals surface area (Å²) in [5.41, 5.74) is 0.962. The summed E-state index contributed by atoms with van der Waals surface area (Å²) in [6, 6.07) is 9.51. The highest BCUT2D eigenvalue weighted by molar-refractivity contribution is 7.86. The van der Waals surface area contributed by atoms with Gasteiger partial charge in [-0.2, -0.15) is 8.42 Å². The molecule has 1 fully saturated rings. The summed E-state index contributed by atoms with van der Waals surface area (Å²) in [5, 5.41) is 9.88. The van der Waals surface area contributed by atoms with E-state index in [0.717, 1.165) is 11.8 Å². The predicted molar refractivity (Wildman–Crippen MR) is 75.9 cm³/mol. The highest BCUT2D eigenvalue weighted by Crippen LogP contribution is 2.25. The normalized spacial score (nSPS) is 30.2. The van der Waals surface area contributed by atoms with Crippen molar-refractivity contribution in [3.63, 3.8) is 0 Å². The predicted octanol–water partition coefficient (Wildman–Crippen LogP) is 1.04. The first kappa shape index (κ1) is 16.4. The van der Waals surface area contributed by atoms with Crippen molar-refractivity contribution in [1.82, 2.24) is 0 Å². The number of ether oxygens (including phenoxy) is 2. The number of hydrogen-bond acceptors (Lipinski definition) is 6. The van der Waals surface area contributed by atoms with Crippen LogP contribution < -0.4 is 0 Å². The number of hydrogen-bond donors (Lipinski definition) is 1. The lowest BCUT2D eigenvalue weighted by Gasteiger charge is -2.37. The summed E-state index contributed by atoms with van der Waals surface area (Å²) in [6.07, 6.45) is -1.79. The minimum absolute atomic E-state index is 0.236. The van der Waals surface area contributed by atoms with E-state index in [1.165, 1.54) is 0 Å². The van der Waals surface area contributed by atoms with Gasteiger partial charge in [-0.25, -0.2) is 0 Å². The Labute approximate surface area is 124 Å². The summed E-state index contributed by atoms with van der Waals surface area (Å²) < 4.78 is 38.5. The zero-order valence-electron chi connectivity index (χ0n) is 12.0. The molecular formula is C14H20O6S. The Kier molecular flexibility index (Phi) is 5.34. The van der Waals surface area contributed by atoms with Crippen molar-refractivity contribution in [2.24, 2.45) is 0 Å². The van der Waals surface area contributed by atoms with Gasteiger partial charge >= 0.3 is 0 Å². The first-order chi connectivity index (χ1) is 9.85. The molecule has 1 N–H and O–H groups in total. The maximum Gasteiger partial charge on any atom is 0.264 e. The molecule has 4 atom stereocenters. The second-order valence-electron chi connectivity index (χ2n) is 5.17. The van der Waals surface area contributed by atoms with Crippen molar-refractivity contribution in [2.75, 3.05) is 6.26 Å². The van der Waals surface area contributed by atoms with Crippen molar-refractivity contribution in [2.45, 2.75) is 44.6 Å². The second kappa shape index (κ2) is 6.85. The minimum atomic E-state index is -3.71. The fourth-order valence-electron chi connectivity index (χ4n) is 2.27. The molecule has 21 heavy (non-hydrogen) atoms. The molecule has 7 heteroatoms.